The Morgan fingerprint density at radius 3 is 2.84 bits per heavy atom. The quantitative estimate of drug-likeness (QED) is 0.675. The number of piperidine rings is 1. The summed E-state index contributed by atoms with van der Waals surface area (Å²) in [6, 6.07) is 9.31. The largest absolute Gasteiger partial charge is 0.355 e. The van der Waals surface area contributed by atoms with Crippen molar-refractivity contribution in [3.05, 3.63) is 58.4 Å². The van der Waals surface area contributed by atoms with E-state index < -0.39 is 0 Å². The molecule has 5 rings (SSSR count). The highest BCUT2D eigenvalue weighted by molar-refractivity contribution is 6.30. The molecule has 4 heterocycles. The van der Waals surface area contributed by atoms with Crippen molar-refractivity contribution in [3.8, 4) is 0 Å². The second kappa shape index (κ2) is 8.13. The number of rotatable bonds is 3. The fourth-order valence-corrected chi connectivity index (χ4v) is 4.94. The van der Waals surface area contributed by atoms with Crippen LogP contribution in [0.2, 0.25) is 5.02 Å². The molecule has 2 aliphatic rings. The SMILES string of the molecule is Cc1cn2nc([C@@H]3CCCCN3C(=O)c3cccc(Cl)c3)cc2nc1N1CC[C@H](N)C1. The molecule has 31 heavy (non-hydrogen) atoms. The molecule has 0 aliphatic carbocycles. The molecule has 3 aromatic rings. The van der Waals surface area contributed by atoms with E-state index in [1.54, 1.807) is 12.1 Å². The summed E-state index contributed by atoms with van der Waals surface area (Å²) in [5.41, 5.74) is 9.48. The van der Waals surface area contributed by atoms with Gasteiger partial charge in [0.25, 0.3) is 5.91 Å². The first-order valence-electron chi connectivity index (χ1n) is 10.9. The monoisotopic (exact) mass is 438 g/mol. The van der Waals surface area contributed by atoms with Crippen molar-refractivity contribution in [3.63, 3.8) is 0 Å². The van der Waals surface area contributed by atoms with Crippen LogP contribution in [-0.4, -0.2) is 51.1 Å². The number of aromatic nitrogens is 3. The summed E-state index contributed by atoms with van der Waals surface area (Å²) < 4.78 is 1.83. The minimum absolute atomic E-state index is 0.000129. The molecule has 2 fully saturated rings. The number of hydrogen-bond donors (Lipinski definition) is 1. The first-order valence-corrected chi connectivity index (χ1v) is 11.3. The number of benzene rings is 1. The summed E-state index contributed by atoms with van der Waals surface area (Å²) in [6.07, 6.45) is 5.97. The number of aryl methyl sites for hydroxylation is 1. The van der Waals surface area contributed by atoms with Crippen molar-refractivity contribution in [2.75, 3.05) is 24.5 Å². The van der Waals surface area contributed by atoms with E-state index in [4.69, 9.17) is 27.4 Å². The van der Waals surface area contributed by atoms with Gasteiger partial charge in [0.2, 0.25) is 0 Å². The molecule has 1 aromatic carbocycles. The Hall–Kier alpha value is -2.64. The average Bonchev–Trinajstić information content (AvgIpc) is 3.38. The van der Waals surface area contributed by atoms with E-state index in [1.165, 1.54) is 0 Å². The number of carbonyl (C=O) groups is 1. The Bertz CT molecular complexity index is 1130. The van der Waals surface area contributed by atoms with Gasteiger partial charge in [-0.25, -0.2) is 9.50 Å². The summed E-state index contributed by atoms with van der Waals surface area (Å²) in [6.45, 7) is 4.53. The maximum atomic E-state index is 13.3. The van der Waals surface area contributed by atoms with Crippen LogP contribution in [0, 0.1) is 6.92 Å². The van der Waals surface area contributed by atoms with E-state index in [9.17, 15) is 4.79 Å². The minimum Gasteiger partial charge on any atom is -0.355 e. The van der Waals surface area contributed by atoms with E-state index in [2.05, 4.69) is 11.8 Å². The second-order valence-electron chi connectivity index (χ2n) is 8.63. The highest BCUT2D eigenvalue weighted by Gasteiger charge is 2.31. The molecule has 2 atom stereocenters. The number of fused-ring (bicyclic) bond motifs is 1. The zero-order valence-electron chi connectivity index (χ0n) is 17.7. The molecular weight excluding hydrogens is 412 g/mol. The number of halogens is 1. The lowest BCUT2D eigenvalue weighted by Gasteiger charge is -2.34. The molecule has 2 aromatic heterocycles. The van der Waals surface area contributed by atoms with Gasteiger partial charge < -0.3 is 15.5 Å². The number of amides is 1. The normalized spacial score (nSPS) is 21.8. The topological polar surface area (TPSA) is 79.8 Å². The van der Waals surface area contributed by atoms with Gasteiger partial charge in [-0.15, -0.1) is 0 Å². The van der Waals surface area contributed by atoms with E-state index in [0.29, 0.717) is 17.1 Å². The first-order chi connectivity index (χ1) is 15.0. The van der Waals surface area contributed by atoms with Crippen LogP contribution in [0.5, 0.6) is 0 Å². The lowest BCUT2D eigenvalue weighted by molar-refractivity contribution is 0.0605. The Morgan fingerprint density at radius 2 is 2.06 bits per heavy atom. The number of hydrogen-bond acceptors (Lipinski definition) is 5. The zero-order chi connectivity index (χ0) is 21.5. The van der Waals surface area contributed by atoms with Gasteiger partial charge in [-0.1, -0.05) is 17.7 Å². The van der Waals surface area contributed by atoms with Crippen LogP contribution in [0.25, 0.3) is 5.65 Å². The number of likely N-dealkylation sites (tertiary alicyclic amines) is 1. The number of nitrogens with two attached hydrogens (primary N) is 1. The molecule has 0 saturated carbocycles. The fraction of sp³-hybridized carbons (Fsp3) is 0.435. The summed E-state index contributed by atoms with van der Waals surface area (Å²) >= 11 is 6.12. The highest BCUT2D eigenvalue weighted by atomic mass is 35.5. The van der Waals surface area contributed by atoms with Gasteiger partial charge in [-0.3, -0.25) is 4.79 Å². The molecule has 2 aliphatic heterocycles. The predicted molar refractivity (Wildman–Crippen MR) is 122 cm³/mol. The minimum atomic E-state index is -0.0640. The first kappa shape index (κ1) is 20.3. The molecule has 0 radical (unpaired) electrons. The van der Waals surface area contributed by atoms with Crippen LogP contribution in [0.3, 0.4) is 0 Å². The Labute approximate surface area is 186 Å². The molecule has 8 heteroatoms. The third-order valence-corrected chi connectivity index (χ3v) is 6.56. The Kier molecular flexibility index (Phi) is 5.32. The number of anilines is 1. The molecule has 7 nitrogen and oxygen atoms in total. The summed E-state index contributed by atoms with van der Waals surface area (Å²) in [5, 5.41) is 5.39. The smallest absolute Gasteiger partial charge is 0.254 e. The van der Waals surface area contributed by atoms with Gasteiger partial charge in [0, 0.05) is 54.1 Å². The molecule has 162 valence electrons. The van der Waals surface area contributed by atoms with Crippen molar-refractivity contribution in [1.29, 1.82) is 0 Å². The maximum absolute atomic E-state index is 13.3. The number of nitrogens with zero attached hydrogens (tertiary/aromatic N) is 5. The molecular formula is C23H27ClN6O. The Balaban J connectivity index is 1.47. The van der Waals surface area contributed by atoms with Gasteiger partial charge in [-0.2, -0.15) is 5.10 Å². The van der Waals surface area contributed by atoms with Crippen LogP contribution < -0.4 is 10.6 Å². The third kappa shape index (κ3) is 3.88. The fourth-order valence-electron chi connectivity index (χ4n) is 4.75. The van der Waals surface area contributed by atoms with Crippen molar-refractivity contribution in [2.24, 2.45) is 5.73 Å². The van der Waals surface area contributed by atoms with E-state index >= 15 is 0 Å². The molecule has 2 N–H and O–H groups in total. The van der Waals surface area contributed by atoms with Crippen LogP contribution in [0.1, 0.15) is 53.3 Å². The average molecular weight is 439 g/mol. The van der Waals surface area contributed by atoms with Crippen molar-refractivity contribution in [1.82, 2.24) is 19.5 Å². The molecule has 2 saturated heterocycles. The van der Waals surface area contributed by atoms with Crippen molar-refractivity contribution in [2.45, 2.75) is 44.7 Å². The Morgan fingerprint density at radius 1 is 1.19 bits per heavy atom. The second-order valence-corrected chi connectivity index (χ2v) is 9.07. The van der Waals surface area contributed by atoms with Gasteiger partial charge in [0.1, 0.15) is 5.82 Å². The van der Waals surface area contributed by atoms with E-state index in [1.807, 2.05) is 33.8 Å². The van der Waals surface area contributed by atoms with Gasteiger partial charge in [0.05, 0.1) is 11.7 Å². The van der Waals surface area contributed by atoms with Crippen LogP contribution in [0.15, 0.2) is 36.5 Å². The number of carbonyl (C=O) groups excluding carboxylic acids is 1. The summed E-state index contributed by atoms with van der Waals surface area (Å²) in [7, 11) is 0. The van der Waals surface area contributed by atoms with Gasteiger partial charge in [0.15, 0.2) is 5.65 Å². The molecule has 0 spiro atoms. The third-order valence-electron chi connectivity index (χ3n) is 6.32. The van der Waals surface area contributed by atoms with Gasteiger partial charge >= 0.3 is 0 Å². The van der Waals surface area contributed by atoms with Gasteiger partial charge in [-0.05, 0) is 50.8 Å². The standard InChI is InChI=1S/C23H27ClN6O/c1-15-13-30-21(26-22(15)28-10-8-18(25)14-28)12-19(27-30)20-7-2-3-9-29(20)23(31)16-5-4-6-17(24)11-16/h4-6,11-13,18,20H,2-3,7-10,14,25H2,1H3/t18-,20-/m0/s1. The predicted octanol–water partition coefficient (Wildman–Crippen LogP) is 3.60. The van der Waals surface area contributed by atoms with Crippen molar-refractivity contribution >= 4 is 29.0 Å². The molecule has 1 amide bonds. The lowest BCUT2D eigenvalue weighted by Crippen LogP contribution is -2.38. The maximum Gasteiger partial charge on any atom is 0.254 e. The van der Waals surface area contributed by atoms with Crippen molar-refractivity contribution < 1.29 is 4.79 Å². The molecule has 0 bridgehead atoms. The van der Waals surface area contributed by atoms with Crippen LogP contribution in [-0.2, 0) is 0 Å². The summed E-state index contributed by atoms with van der Waals surface area (Å²) in [5.74, 6) is 0.975. The molecule has 0 unspecified atom stereocenters. The van der Waals surface area contributed by atoms with E-state index in [0.717, 1.165) is 61.5 Å². The van der Waals surface area contributed by atoms with Crippen LogP contribution in [0.4, 0.5) is 5.82 Å². The lowest BCUT2D eigenvalue weighted by atomic mass is 9.98. The highest BCUT2D eigenvalue weighted by Crippen LogP contribution is 2.33. The summed E-state index contributed by atoms with van der Waals surface area (Å²) in [4.78, 5) is 22.3. The van der Waals surface area contributed by atoms with Crippen LogP contribution >= 0.6 is 11.6 Å². The zero-order valence-corrected chi connectivity index (χ0v) is 18.4. The van der Waals surface area contributed by atoms with E-state index in [-0.39, 0.29) is 18.0 Å².